The van der Waals surface area contributed by atoms with Gasteiger partial charge in [0, 0.05) is 13.6 Å². The second-order valence-corrected chi connectivity index (χ2v) is 5.18. The first kappa shape index (κ1) is 18.4. The van der Waals surface area contributed by atoms with Crippen molar-refractivity contribution < 1.29 is 14.3 Å². The summed E-state index contributed by atoms with van der Waals surface area (Å²) in [4.78, 5) is 24.1. The van der Waals surface area contributed by atoms with Crippen molar-refractivity contribution in [2.45, 2.75) is 32.0 Å². The number of nitrogens with one attached hydrogen (secondary N) is 2. The average Bonchev–Trinajstić information content (AvgIpc) is 2.97. The van der Waals surface area contributed by atoms with Crippen LogP contribution in [0.5, 0.6) is 0 Å². The summed E-state index contributed by atoms with van der Waals surface area (Å²) >= 11 is 0. The van der Waals surface area contributed by atoms with Crippen LogP contribution >= 0.6 is 12.4 Å². The number of benzene rings is 1. The van der Waals surface area contributed by atoms with Gasteiger partial charge in [0.2, 0.25) is 0 Å². The van der Waals surface area contributed by atoms with Gasteiger partial charge < -0.3 is 21.1 Å². The molecule has 2 amide bonds. The van der Waals surface area contributed by atoms with Crippen LogP contribution in [0, 0.1) is 6.92 Å². The van der Waals surface area contributed by atoms with Crippen molar-refractivity contribution in [3.63, 3.8) is 0 Å². The van der Waals surface area contributed by atoms with Crippen LogP contribution in [0.15, 0.2) is 18.2 Å². The lowest BCUT2D eigenvalue weighted by atomic mass is 10.1. The monoisotopic (exact) mass is 327 g/mol. The minimum Gasteiger partial charge on any atom is -0.364 e. The number of anilines is 1. The number of aryl methyl sites for hydroxylation is 1. The average molecular weight is 328 g/mol. The lowest BCUT2D eigenvalue weighted by Gasteiger charge is -2.15. The molecule has 0 bridgehead atoms. The van der Waals surface area contributed by atoms with Crippen molar-refractivity contribution in [2.24, 2.45) is 5.73 Å². The Morgan fingerprint density at radius 2 is 2.09 bits per heavy atom. The molecule has 7 heteroatoms. The van der Waals surface area contributed by atoms with E-state index < -0.39 is 6.10 Å². The standard InChI is InChI=1S/C15H21N3O3.ClH/c1-9-3-5-12(11(7-9)14(19)17-2)18-15(20)13-6-4-10(8-16)21-13;/h3,5,7,10,13H,4,6,8,16H2,1-2H3,(H,17,19)(H,18,20);1H/t10-,13+;/m1./s1. The maximum atomic E-state index is 12.2. The molecule has 1 fully saturated rings. The van der Waals surface area contributed by atoms with E-state index in [0.717, 1.165) is 12.0 Å². The van der Waals surface area contributed by atoms with Gasteiger partial charge in [0.1, 0.15) is 6.10 Å². The molecule has 1 heterocycles. The number of halogens is 1. The van der Waals surface area contributed by atoms with E-state index in [2.05, 4.69) is 10.6 Å². The van der Waals surface area contributed by atoms with E-state index in [-0.39, 0.29) is 30.3 Å². The Kier molecular flexibility index (Phi) is 6.80. The maximum absolute atomic E-state index is 12.2. The largest absolute Gasteiger partial charge is 0.364 e. The number of rotatable bonds is 4. The van der Waals surface area contributed by atoms with E-state index in [4.69, 9.17) is 10.5 Å². The molecule has 1 aromatic rings. The summed E-state index contributed by atoms with van der Waals surface area (Å²) in [7, 11) is 1.56. The molecule has 4 N–H and O–H groups in total. The Balaban J connectivity index is 0.00000242. The third kappa shape index (κ3) is 4.19. The number of carbonyl (C=O) groups is 2. The Morgan fingerprint density at radius 3 is 2.68 bits per heavy atom. The molecule has 1 aromatic carbocycles. The van der Waals surface area contributed by atoms with Gasteiger partial charge >= 0.3 is 0 Å². The smallest absolute Gasteiger partial charge is 0.253 e. The number of hydrogen-bond acceptors (Lipinski definition) is 4. The first-order chi connectivity index (χ1) is 10.0. The summed E-state index contributed by atoms with van der Waals surface area (Å²) in [5.41, 5.74) is 7.42. The highest BCUT2D eigenvalue weighted by molar-refractivity contribution is 6.04. The van der Waals surface area contributed by atoms with Gasteiger partial charge in [0.25, 0.3) is 11.8 Å². The summed E-state index contributed by atoms with van der Waals surface area (Å²) in [5.74, 6) is -0.471. The van der Waals surface area contributed by atoms with Crippen LogP contribution in [0.1, 0.15) is 28.8 Å². The van der Waals surface area contributed by atoms with Gasteiger partial charge in [-0.05, 0) is 31.9 Å². The third-order valence-corrected chi connectivity index (χ3v) is 3.57. The molecular formula is C15H22ClN3O3. The molecule has 22 heavy (non-hydrogen) atoms. The van der Waals surface area contributed by atoms with Gasteiger partial charge in [-0.25, -0.2) is 0 Å². The predicted octanol–water partition coefficient (Wildman–Crippen LogP) is 1.22. The molecule has 0 aliphatic carbocycles. The molecule has 0 aromatic heterocycles. The molecule has 0 saturated carbocycles. The predicted molar refractivity (Wildman–Crippen MR) is 87.4 cm³/mol. The summed E-state index contributed by atoms with van der Waals surface area (Å²) in [5, 5.41) is 5.34. The highest BCUT2D eigenvalue weighted by Gasteiger charge is 2.30. The quantitative estimate of drug-likeness (QED) is 0.775. The van der Waals surface area contributed by atoms with Crippen LogP contribution in [0.3, 0.4) is 0 Å². The summed E-state index contributed by atoms with van der Waals surface area (Å²) < 4.78 is 5.56. The zero-order chi connectivity index (χ0) is 15.4. The van der Waals surface area contributed by atoms with Gasteiger partial charge in [-0.3, -0.25) is 9.59 Å². The zero-order valence-electron chi connectivity index (χ0n) is 12.7. The highest BCUT2D eigenvalue weighted by Crippen LogP contribution is 2.22. The Morgan fingerprint density at radius 1 is 1.36 bits per heavy atom. The fraction of sp³-hybridized carbons (Fsp3) is 0.467. The highest BCUT2D eigenvalue weighted by atomic mass is 35.5. The van der Waals surface area contributed by atoms with Crippen LogP contribution in [0.2, 0.25) is 0 Å². The van der Waals surface area contributed by atoms with Crippen molar-refractivity contribution in [3.8, 4) is 0 Å². The van der Waals surface area contributed by atoms with Crippen LogP contribution in [-0.4, -0.2) is 37.6 Å². The first-order valence-electron chi connectivity index (χ1n) is 7.04. The second-order valence-electron chi connectivity index (χ2n) is 5.18. The molecular weight excluding hydrogens is 306 g/mol. The minimum absolute atomic E-state index is 0. The Bertz CT molecular complexity index is 551. The van der Waals surface area contributed by atoms with E-state index in [9.17, 15) is 9.59 Å². The van der Waals surface area contributed by atoms with Crippen molar-refractivity contribution in [2.75, 3.05) is 18.9 Å². The van der Waals surface area contributed by atoms with E-state index in [1.165, 1.54) is 0 Å². The van der Waals surface area contributed by atoms with Gasteiger partial charge in [0.15, 0.2) is 0 Å². The fourth-order valence-electron chi connectivity index (χ4n) is 2.37. The minimum atomic E-state index is -0.502. The van der Waals surface area contributed by atoms with Crippen LogP contribution in [-0.2, 0) is 9.53 Å². The molecule has 2 atom stereocenters. The van der Waals surface area contributed by atoms with E-state index in [1.807, 2.05) is 13.0 Å². The molecule has 0 spiro atoms. The number of ether oxygens (including phenoxy) is 1. The molecule has 1 aliphatic heterocycles. The summed E-state index contributed by atoms with van der Waals surface area (Å²) in [6, 6.07) is 5.32. The number of carbonyl (C=O) groups excluding carboxylic acids is 2. The van der Waals surface area contributed by atoms with Gasteiger partial charge in [-0.15, -0.1) is 12.4 Å². The molecule has 2 rings (SSSR count). The summed E-state index contributed by atoms with van der Waals surface area (Å²) in [6.45, 7) is 2.31. The first-order valence-corrected chi connectivity index (χ1v) is 7.04. The molecule has 0 radical (unpaired) electrons. The van der Waals surface area contributed by atoms with Crippen LogP contribution < -0.4 is 16.4 Å². The Labute approximate surface area is 136 Å². The van der Waals surface area contributed by atoms with Gasteiger partial charge in [-0.2, -0.15) is 0 Å². The van der Waals surface area contributed by atoms with Gasteiger partial charge in [0.05, 0.1) is 17.4 Å². The molecule has 1 aliphatic rings. The lowest BCUT2D eigenvalue weighted by Crippen LogP contribution is -2.31. The fourth-order valence-corrected chi connectivity index (χ4v) is 2.37. The number of hydrogen-bond donors (Lipinski definition) is 3. The SMILES string of the molecule is CNC(=O)c1cc(C)ccc1NC(=O)[C@@H]1CC[C@H](CN)O1.Cl. The van der Waals surface area contributed by atoms with E-state index in [1.54, 1.807) is 19.2 Å². The van der Waals surface area contributed by atoms with Crippen molar-refractivity contribution in [3.05, 3.63) is 29.3 Å². The zero-order valence-corrected chi connectivity index (χ0v) is 13.5. The van der Waals surface area contributed by atoms with Crippen molar-refractivity contribution >= 4 is 29.9 Å². The van der Waals surface area contributed by atoms with Crippen LogP contribution in [0.25, 0.3) is 0 Å². The maximum Gasteiger partial charge on any atom is 0.253 e. The third-order valence-electron chi connectivity index (χ3n) is 3.57. The molecule has 6 nitrogen and oxygen atoms in total. The van der Waals surface area contributed by atoms with Crippen molar-refractivity contribution in [1.29, 1.82) is 0 Å². The van der Waals surface area contributed by atoms with Gasteiger partial charge in [-0.1, -0.05) is 11.6 Å². The number of nitrogens with two attached hydrogens (primary N) is 1. The van der Waals surface area contributed by atoms with E-state index in [0.29, 0.717) is 24.2 Å². The summed E-state index contributed by atoms with van der Waals surface area (Å²) in [6.07, 6.45) is 0.870. The van der Waals surface area contributed by atoms with E-state index >= 15 is 0 Å². The molecule has 0 unspecified atom stereocenters. The molecule has 122 valence electrons. The van der Waals surface area contributed by atoms with Crippen molar-refractivity contribution in [1.82, 2.24) is 5.32 Å². The number of amides is 2. The normalized spacial score (nSPS) is 20.1. The lowest BCUT2D eigenvalue weighted by molar-refractivity contribution is -0.126. The van der Waals surface area contributed by atoms with Crippen LogP contribution in [0.4, 0.5) is 5.69 Å². The Hall–Kier alpha value is -1.63. The molecule has 1 saturated heterocycles. The topological polar surface area (TPSA) is 93.5 Å². The second kappa shape index (κ2) is 8.12.